The van der Waals surface area contributed by atoms with Crippen LogP contribution in [0.4, 0.5) is 0 Å². The molecule has 0 N–H and O–H groups in total. The summed E-state index contributed by atoms with van der Waals surface area (Å²) in [7, 11) is 0. The van der Waals surface area contributed by atoms with Crippen LogP contribution in [0, 0.1) is 10.8 Å². The molecule has 0 aromatic heterocycles. The van der Waals surface area contributed by atoms with Gasteiger partial charge in [0, 0.05) is 11.5 Å². The largest absolute Gasteiger partial charge is 0.287 e. The minimum atomic E-state index is 0.200. The minimum Gasteiger partial charge on any atom is -0.287 e. The van der Waals surface area contributed by atoms with Gasteiger partial charge in [-0.2, -0.15) is 0 Å². The first-order valence-corrected chi connectivity index (χ1v) is 8.61. The van der Waals surface area contributed by atoms with Gasteiger partial charge >= 0.3 is 0 Å². The van der Waals surface area contributed by atoms with Crippen LogP contribution in [0.1, 0.15) is 41.5 Å². The summed E-state index contributed by atoms with van der Waals surface area (Å²) in [5, 5.41) is 12.4. The molecular weight excluding hydrogens is 272 g/mol. The Kier molecular flexibility index (Phi) is 5.69. The molecule has 0 saturated heterocycles. The molecule has 0 aliphatic rings. The molecule has 0 amide bonds. The van der Waals surface area contributed by atoms with Crippen molar-refractivity contribution >= 4 is 23.5 Å². The van der Waals surface area contributed by atoms with Crippen LogP contribution in [0.5, 0.6) is 5.75 Å². The Morgan fingerprint density at radius 2 is 1.21 bits per heavy atom. The molecule has 19 heavy (non-hydrogen) atoms. The molecule has 1 rings (SSSR count). The Bertz CT molecular complexity index is 377. The van der Waals surface area contributed by atoms with E-state index in [1.54, 1.807) is 23.5 Å². The maximum absolute atomic E-state index is 12.4. The highest BCUT2D eigenvalue weighted by atomic mass is 32.2. The molecule has 0 unspecified atom stereocenters. The molecule has 0 saturated carbocycles. The zero-order valence-corrected chi connectivity index (χ0v) is 14.5. The van der Waals surface area contributed by atoms with Gasteiger partial charge in [0.1, 0.15) is 0 Å². The molecule has 3 heteroatoms. The quantitative estimate of drug-likeness (QED) is 0.625. The molecular formula is C16H25OS2. The lowest BCUT2D eigenvalue weighted by atomic mass is 10.0. The Labute approximate surface area is 126 Å². The maximum Gasteiger partial charge on any atom is 0.205 e. The normalized spacial score (nSPS) is 12.7. The Morgan fingerprint density at radius 3 is 1.53 bits per heavy atom. The standard InChI is InChI=1S/C16H25OS2/c1-15(2,3)10-18-12-8-7-9-13(14(12)17)19-11-16(4,5)6/h7-9H,10-11H2,1-6H3. The second-order valence-electron chi connectivity index (χ2n) is 7.28. The third kappa shape index (κ3) is 6.62. The van der Waals surface area contributed by atoms with Gasteiger partial charge in [0.2, 0.25) is 5.75 Å². The van der Waals surface area contributed by atoms with Crippen molar-refractivity contribution in [2.45, 2.75) is 51.3 Å². The zero-order valence-electron chi connectivity index (χ0n) is 12.9. The summed E-state index contributed by atoms with van der Waals surface area (Å²) < 4.78 is 0. The van der Waals surface area contributed by atoms with Crippen LogP contribution in [-0.2, 0) is 5.11 Å². The SMILES string of the molecule is CC(C)(C)CSc1cccc(SCC(C)(C)C)c1[O]. The number of benzene rings is 1. The number of para-hydroxylation sites is 1. The van der Waals surface area contributed by atoms with Gasteiger partial charge in [-0.25, -0.2) is 0 Å². The average molecular weight is 298 g/mol. The van der Waals surface area contributed by atoms with Crippen LogP contribution in [0.15, 0.2) is 28.0 Å². The third-order valence-electron chi connectivity index (χ3n) is 2.26. The lowest BCUT2D eigenvalue weighted by Gasteiger charge is -2.19. The second kappa shape index (κ2) is 6.45. The highest BCUT2D eigenvalue weighted by Gasteiger charge is 2.17. The average Bonchev–Trinajstić information content (AvgIpc) is 2.23. The van der Waals surface area contributed by atoms with Crippen molar-refractivity contribution < 1.29 is 5.11 Å². The first-order valence-electron chi connectivity index (χ1n) is 6.64. The predicted molar refractivity (Wildman–Crippen MR) is 86.9 cm³/mol. The summed E-state index contributed by atoms with van der Waals surface area (Å²) in [6.45, 7) is 13.2. The molecule has 107 valence electrons. The van der Waals surface area contributed by atoms with E-state index in [1.165, 1.54) is 0 Å². The fourth-order valence-electron chi connectivity index (χ4n) is 1.31. The lowest BCUT2D eigenvalue weighted by molar-refractivity contribution is 0.333. The molecule has 0 bridgehead atoms. The lowest BCUT2D eigenvalue weighted by Crippen LogP contribution is -2.08. The number of hydrogen-bond acceptors (Lipinski definition) is 2. The van der Waals surface area contributed by atoms with Crippen LogP contribution in [0.25, 0.3) is 0 Å². The van der Waals surface area contributed by atoms with Gasteiger partial charge in [0.25, 0.3) is 0 Å². The minimum absolute atomic E-state index is 0.200. The van der Waals surface area contributed by atoms with Crippen LogP contribution in [0.2, 0.25) is 0 Å². The zero-order chi connectivity index (χ0) is 14.7. The van der Waals surface area contributed by atoms with Crippen molar-refractivity contribution in [2.75, 3.05) is 11.5 Å². The Hall–Kier alpha value is -0.280. The molecule has 0 aliphatic carbocycles. The highest BCUT2D eigenvalue weighted by Crippen LogP contribution is 2.40. The summed E-state index contributed by atoms with van der Waals surface area (Å²) in [5.41, 5.74) is 0.483. The molecule has 0 atom stereocenters. The van der Waals surface area contributed by atoms with Crippen molar-refractivity contribution in [1.82, 2.24) is 0 Å². The molecule has 0 aliphatic heterocycles. The van der Waals surface area contributed by atoms with Crippen LogP contribution >= 0.6 is 23.5 Å². The van der Waals surface area contributed by atoms with E-state index in [-0.39, 0.29) is 16.6 Å². The molecule has 0 fully saturated rings. The number of rotatable bonds is 4. The van der Waals surface area contributed by atoms with Gasteiger partial charge in [0.15, 0.2) is 0 Å². The first-order chi connectivity index (χ1) is 8.58. The first kappa shape index (κ1) is 16.8. The Morgan fingerprint density at radius 1 is 0.842 bits per heavy atom. The predicted octanol–water partition coefficient (Wildman–Crippen LogP) is 6.11. The van der Waals surface area contributed by atoms with E-state index < -0.39 is 0 Å². The van der Waals surface area contributed by atoms with E-state index in [9.17, 15) is 5.11 Å². The maximum atomic E-state index is 12.4. The van der Waals surface area contributed by atoms with Crippen molar-refractivity contribution in [3.05, 3.63) is 18.2 Å². The van der Waals surface area contributed by atoms with E-state index in [2.05, 4.69) is 41.5 Å². The molecule has 1 nitrogen and oxygen atoms in total. The van der Waals surface area contributed by atoms with Crippen LogP contribution < -0.4 is 0 Å². The Balaban J connectivity index is 2.75. The van der Waals surface area contributed by atoms with Crippen molar-refractivity contribution in [3.63, 3.8) is 0 Å². The van der Waals surface area contributed by atoms with E-state index in [4.69, 9.17) is 0 Å². The van der Waals surface area contributed by atoms with Gasteiger partial charge in [-0.3, -0.25) is 5.11 Å². The van der Waals surface area contributed by atoms with Crippen molar-refractivity contribution in [2.24, 2.45) is 10.8 Å². The molecule has 1 aromatic rings. The van der Waals surface area contributed by atoms with Crippen molar-refractivity contribution in [3.8, 4) is 5.75 Å². The summed E-state index contributed by atoms with van der Waals surface area (Å²) in [6, 6.07) is 5.89. The van der Waals surface area contributed by atoms with Gasteiger partial charge in [0.05, 0.1) is 9.79 Å². The molecule has 0 spiro atoms. The topological polar surface area (TPSA) is 19.9 Å². The molecule has 1 aromatic carbocycles. The monoisotopic (exact) mass is 297 g/mol. The highest BCUT2D eigenvalue weighted by molar-refractivity contribution is 8.00. The van der Waals surface area contributed by atoms with Gasteiger partial charge in [-0.05, 0) is 23.0 Å². The summed E-state index contributed by atoms with van der Waals surface area (Å²) >= 11 is 3.35. The van der Waals surface area contributed by atoms with Crippen LogP contribution in [0.3, 0.4) is 0 Å². The van der Waals surface area contributed by atoms with Gasteiger partial charge in [-0.15, -0.1) is 23.5 Å². The van der Waals surface area contributed by atoms with Gasteiger partial charge < -0.3 is 0 Å². The second-order valence-corrected chi connectivity index (χ2v) is 9.32. The summed E-state index contributed by atoms with van der Waals surface area (Å²) in [6.07, 6.45) is 0. The van der Waals surface area contributed by atoms with E-state index in [1.807, 2.05) is 18.2 Å². The number of thioether (sulfide) groups is 2. The van der Waals surface area contributed by atoms with E-state index in [0.29, 0.717) is 0 Å². The van der Waals surface area contributed by atoms with Gasteiger partial charge in [-0.1, -0.05) is 47.6 Å². The molecule has 0 heterocycles. The third-order valence-corrected chi connectivity index (χ3v) is 5.55. The summed E-state index contributed by atoms with van der Waals surface area (Å²) in [5.74, 6) is 2.14. The van der Waals surface area contributed by atoms with E-state index in [0.717, 1.165) is 21.3 Å². The fourth-order valence-corrected chi connectivity index (χ4v) is 3.38. The van der Waals surface area contributed by atoms with Crippen molar-refractivity contribution in [1.29, 1.82) is 0 Å². The smallest absolute Gasteiger partial charge is 0.205 e. The fraction of sp³-hybridized carbons (Fsp3) is 0.625. The molecule has 1 radical (unpaired) electrons. The van der Waals surface area contributed by atoms with E-state index >= 15 is 0 Å². The number of hydrogen-bond donors (Lipinski definition) is 0. The van der Waals surface area contributed by atoms with Crippen LogP contribution in [-0.4, -0.2) is 11.5 Å². The summed E-state index contributed by atoms with van der Waals surface area (Å²) in [4.78, 5) is 1.77.